The lowest BCUT2D eigenvalue weighted by molar-refractivity contribution is -0.115. The van der Waals surface area contributed by atoms with Gasteiger partial charge in [-0.05, 0) is 19.1 Å². The Hall–Kier alpha value is -0.603. The zero-order valence-corrected chi connectivity index (χ0v) is 10.6. The Labute approximate surface area is 91.1 Å². The van der Waals surface area contributed by atoms with Gasteiger partial charge in [0.25, 0.3) is 0 Å². The van der Waals surface area contributed by atoms with Gasteiger partial charge in [-0.3, -0.25) is 0 Å². The highest BCUT2D eigenvalue weighted by Gasteiger charge is 2.24. The van der Waals surface area contributed by atoms with Crippen molar-refractivity contribution in [2.75, 3.05) is 0 Å². The van der Waals surface area contributed by atoms with Crippen molar-refractivity contribution in [2.45, 2.75) is 26.1 Å². The highest BCUT2D eigenvalue weighted by Crippen LogP contribution is 2.12. The van der Waals surface area contributed by atoms with Gasteiger partial charge >= 0.3 is 0 Å². The minimum atomic E-state index is -1.57. The average Bonchev–Trinajstić information content (AvgIpc) is 2.02. The lowest BCUT2D eigenvalue weighted by atomic mass is 10.4. The number of ketones is 1. The molecule has 1 aromatic carbocycles. The number of halogens is 1. The fourth-order valence-electron chi connectivity index (χ4n) is 1.63. The Morgan fingerprint density at radius 3 is 2.21 bits per heavy atom. The SMILES string of the molecule is CC(=O)C[Si](C)(C)c1ccc(Cl)cc1. The fraction of sp³-hybridized carbons (Fsp3) is 0.364. The molecular formula is C11H15ClOSi. The molecule has 0 spiro atoms. The third-order valence-electron chi connectivity index (χ3n) is 2.32. The number of carbonyl (C=O) groups excluding carboxylic acids is 1. The molecule has 0 bridgehead atoms. The largest absolute Gasteiger partial charge is 0.300 e. The van der Waals surface area contributed by atoms with Crippen LogP contribution < -0.4 is 5.19 Å². The zero-order chi connectivity index (χ0) is 10.8. The molecule has 0 atom stereocenters. The van der Waals surface area contributed by atoms with Gasteiger partial charge in [0.15, 0.2) is 0 Å². The third kappa shape index (κ3) is 2.96. The van der Waals surface area contributed by atoms with E-state index < -0.39 is 8.07 Å². The standard InChI is InChI=1S/C11H15ClOSi/c1-9(13)8-14(2,3)11-6-4-10(12)5-7-11/h4-7H,8H2,1-3H3. The van der Waals surface area contributed by atoms with Crippen molar-refractivity contribution in [1.82, 2.24) is 0 Å². The van der Waals surface area contributed by atoms with Crippen LogP contribution in [-0.4, -0.2) is 13.9 Å². The number of Topliss-reactive ketones (excluding diaryl/α,β-unsaturated/α-hetero) is 1. The maximum absolute atomic E-state index is 11.1. The summed E-state index contributed by atoms with van der Waals surface area (Å²) >= 11 is 5.82. The molecule has 0 N–H and O–H groups in total. The van der Waals surface area contributed by atoms with E-state index in [1.807, 2.05) is 24.3 Å². The first kappa shape index (κ1) is 11.5. The van der Waals surface area contributed by atoms with E-state index in [0.717, 1.165) is 5.02 Å². The van der Waals surface area contributed by atoms with Crippen molar-refractivity contribution in [3.05, 3.63) is 29.3 Å². The molecule has 0 saturated carbocycles. The van der Waals surface area contributed by atoms with Crippen LogP contribution in [0.1, 0.15) is 6.92 Å². The Kier molecular flexibility index (Phi) is 3.51. The van der Waals surface area contributed by atoms with Gasteiger partial charge in [0.2, 0.25) is 0 Å². The molecule has 0 aliphatic heterocycles. The molecule has 0 saturated heterocycles. The summed E-state index contributed by atoms with van der Waals surface area (Å²) in [5.41, 5.74) is 0. The molecule has 76 valence electrons. The molecule has 0 aromatic heterocycles. The van der Waals surface area contributed by atoms with Crippen molar-refractivity contribution in [1.29, 1.82) is 0 Å². The Morgan fingerprint density at radius 2 is 1.79 bits per heavy atom. The maximum Gasteiger partial charge on any atom is 0.127 e. The highest BCUT2D eigenvalue weighted by atomic mass is 35.5. The van der Waals surface area contributed by atoms with Crippen molar-refractivity contribution >= 4 is 30.6 Å². The van der Waals surface area contributed by atoms with Crippen LogP contribution in [0.3, 0.4) is 0 Å². The fourth-order valence-corrected chi connectivity index (χ4v) is 4.27. The first-order valence-electron chi connectivity index (χ1n) is 4.67. The smallest absolute Gasteiger partial charge is 0.127 e. The predicted octanol–water partition coefficient (Wildman–Crippen LogP) is 2.84. The summed E-state index contributed by atoms with van der Waals surface area (Å²) < 4.78 is 0. The van der Waals surface area contributed by atoms with Crippen molar-refractivity contribution in [3.8, 4) is 0 Å². The number of hydrogen-bond acceptors (Lipinski definition) is 1. The molecule has 3 heteroatoms. The second-order valence-corrected chi connectivity index (χ2v) is 9.40. The van der Waals surface area contributed by atoms with Crippen molar-refractivity contribution < 1.29 is 4.79 Å². The van der Waals surface area contributed by atoms with Gasteiger partial charge in [-0.15, -0.1) is 0 Å². The lowest BCUT2D eigenvalue weighted by Crippen LogP contribution is -2.42. The molecular weight excluding hydrogens is 212 g/mol. The first-order chi connectivity index (χ1) is 6.42. The Bertz CT molecular complexity index is 330. The molecule has 0 heterocycles. The van der Waals surface area contributed by atoms with Gasteiger partial charge in [-0.2, -0.15) is 0 Å². The number of hydrogen-bond donors (Lipinski definition) is 0. The van der Waals surface area contributed by atoms with Crippen LogP contribution in [-0.2, 0) is 4.79 Å². The Morgan fingerprint density at radius 1 is 1.29 bits per heavy atom. The summed E-state index contributed by atoms with van der Waals surface area (Å²) in [5.74, 6) is 0.275. The van der Waals surface area contributed by atoms with E-state index in [4.69, 9.17) is 11.6 Å². The van der Waals surface area contributed by atoms with Crippen LogP contribution in [0, 0.1) is 0 Å². The van der Waals surface area contributed by atoms with Gasteiger partial charge in [0.1, 0.15) is 5.78 Å². The molecule has 1 aromatic rings. The quantitative estimate of drug-likeness (QED) is 0.725. The number of rotatable bonds is 3. The van der Waals surface area contributed by atoms with Gasteiger partial charge in [-0.25, -0.2) is 0 Å². The third-order valence-corrected chi connectivity index (χ3v) is 5.85. The van der Waals surface area contributed by atoms with E-state index in [9.17, 15) is 4.79 Å². The van der Waals surface area contributed by atoms with Crippen LogP contribution in [0.4, 0.5) is 0 Å². The number of carbonyl (C=O) groups is 1. The molecule has 0 unspecified atom stereocenters. The summed E-state index contributed by atoms with van der Waals surface area (Å²) in [5, 5.41) is 2.04. The summed E-state index contributed by atoms with van der Waals surface area (Å²) in [6.07, 6.45) is 0. The molecule has 0 radical (unpaired) electrons. The van der Waals surface area contributed by atoms with Crippen LogP contribution >= 0.6 is 11.6 Å². The van der Waals surface area contributed by atoms with E-state index in [2.05, 4.69) is 13.1 Å². The maximum atomic E-state index is 11.1. The van der Waals surface area contributed by atoms with Gasteiger partial charge in [0.05, 0.1) is 8.07 Å². The predicted molar refractivity (Wildman–Crippen MR) is 64.1 cm³/mol. The monoisotopic (exact) mass is 226 g/mol. The van der Waals surface area contributed by atoms with Gasteiger partial charge in [-0.1, -0.05) is 42.0 Å². The van der Waals surface area contributed by atoms with Gasteiger partial charge in [0, 0.05) is 11.1 Å². The van der Waals surface area contributed by atoms with Crippen LogP contribution in [0.2, 0.25) is 24.2 Å². The zero-order valence-electron chi connectivity index (χ0n) is 8.80. The second kappa shape index (κ2) is 4.28. The highest BCUT2D eigenvalue weighted by molar-refractivity contribution is 6.91. The van der Waals surface area contributed by atoms with E-state index in [1.54, 1.807) is 6.92 Å². The summed E-state index contributed by atoms with van der Waals surface area (Å²) in [6, 6.07) is 8.57. The average molecular weight is 227 g/mol. The summed E-state index contributed by atoms with van der Waals surface area (Å²) in [4.78, 5) is 11.1. The minimum absolute atomic E-state index is 0.275. The minimum Gasteiger partial charge on any atom is -0.300 e. The lowest BCUT2D eigenvalue weighted by Gasteiger charge is -2.21. The van der Waals surface area contributed by atoms with E-state index in [0.29, 0.717) is 6.04 Å². The van der Waals surface area contributed by atoms with Crippen molar-refractivity contribution in [3.63, 3.8) is 0 Å². The van der Waals surface area contributed by atoms with Crippen LogP contribution in [0.25, 0.3) is 0 Å². The molecule has 14 heavy (non-hydrogen) atoms. The molecule has 0 fully saturated rings. The molecule has 1 nitrogen and oxygen atoms in total. The van der Waals surface area contributed by atoms with Gasteiger partial charge < -0.3 is 4.79 Å². The van der Waals surface area contributed by atoms with Crippen LogP contribution in [0.5, 0.6) is 0 Å². The topological polar surface area (TPSA) is 17.1 Å². The van der Waals surface area contributed by atoms with E-state index in [1.165, 1.54) is 5.19 Å². The molecule has 1 rings (SSSR count). The molecule has 0 aliphatic rings. The molecule has 0 amide bonds. The van der Waals surface area contributed by atoms with Crippen molar-refractivity contribution in [2.24, 2.45) is 0 Å². The van der Waals surface area contributed by atoms with E-state index >= 15 is 0 Å². The van der Waals surface area contributed by atoms with E-state index in [-0.39, 0.29) is 5.78 Å². The molecule has 0 aliphatic carbocycles. The Balaban J connectivity index is 2.91. The second-order valence-electron chi connectivity index (χ2n) is 4.27. The summed E-state index contributed by atoms with van der Waals surface area (Å²) in [6.45, 7) is 6.07. The first-order valence-corrected chi connectivity index (χ1v) is 8.26. The van der Waals surface area contributed by atoms with Crippen LogP contribution in [0.15, 0.2) is 24.3 Å². The normalized spacial score (nSPS) is 11.4. The number of benzene rings is 1. The summed E-state index contributed by atoms with van der Waals surface area (Å²) in [7, 11) is -1.57.